The van der Waals surface area contributed by atoms with E-state index in [-0.39, 0.29) is 19.5 Å². The van der Waals surface area contributed by atoms with E-state index in [4.69, 9.17) is 4.74 Å². The summed E-state index contributed by atoms with van der Waals surface area (Å²) in [7, 11) is 0. The molecule has 1 amide bonds. The highest BCUT2D eigenvalue weighted by molar-refractivity contribution is 5.68. The van der Waals surface area contributed by atoms with Crippen molar-refractivity contribution in [1.82, 2.24) is 4.90 Å². The van der Waals surface area contributed by atoms with Crippen LogP contribution in [-0.4, -0.2) is 35.6 Å². The molecule has 0 radical (unpaired) electrons. The van der Waals surface area contributed by atoms with E-state index in [2.05, 4.69) is 0 Å². The van der Waals surface area contributed by atoms with Gasteiger partial charge in [0.05, 0.1) is 5.41 Å². The fourth-order valence-corrected chi connectivity index (χ4v) is 2.26. The summed E-state index contributed by atoms with van der Waals surface area (Å²) in [5.41, 5.74) is -1.53. The molecule has 1 spiro atoms. The molecule has 2 aliphatic rings. The average Bonchev–Trinajstić information content (AvgIpc) is 2.88. The highest BCUT2D eigenvalue weighted by atomic mass is 19.3. The van der Waals surface area contributed by atoms with E-state index in [1.807, 2.05) is 0 Å². The lowest BCUT2D eigenvalue weighted by atomic mass is 9.90. The number of alkyl halides is 2. The van der Waals surface area contributed by atoms with E-state index in [9.17, 15) is 13.6 Å². The van der Waals surface area contributed by atoms with Crippen molar-refractivity contribution in [2.45, 2.75) is 51.6 Å². The predicted octanol–water partition coefficient (Wildman–Crippen LogP) is 3.04. The second-order valence-corrected chi connectivity index (χ2v) is 6.14. The summed E-state index contributed by atoms with van der Waals surface area (Å²) in [6, 6.07) is 0. The SMILES string of the molecule is CC(C)(C)OC(=O)N1CCC(F)(F)C2(CC2)C1. The minimum Gasteiger partial charge on any atom is -0.444 e. The number of halogens is 2. The normalized spacial score (nSPS) is 25.8. The van der Waals surface area contributed by atoms with E-state index in [0.717, 1.165) is 0 Å². The van der Waals surface area contributed by atoms with Crippen LogP contribution in [-0.2, 0) is 4.74 Å². The number of likely N-dealkylation sites (tertiary alicyclic amines) is 1. The third kappa shape index (κ3) is 2.38. The molecule has 2 fully saturated rings. The predicted molar refractivity (Wildman–Crippen MR) is 59.0 cm³/mol. The van der Waals surface area contributed by atoms with Gasteiger partial charge < -0.3 is 9.64 Å². The van der Waals surface area contributed by atoms with E-state index in [0.29, 0.717) is 12.8 Å². The Morgan fingerprint density at radius 1 is 1.24 bits per heavy atom. The first-order valence-electron chi connectivity index (χ1n) is 6.01. The standard InChI is InChI=1S/C12H19F2NO2/c1-10(2,3)17-9(16)15-7-6-12(13,14)11(8-15)4-5-11/h4-8H2,1-3H3. The van der Waals surface area contributed by atoms with Gasteiger partial charge in [-0.2, -0.15) is 0 Å². The molecule has 2 rings (SSSR count). The number of hydrogen-bond acceptors (Lipinski definition) is 2. The summed E-state index contributed by atoms with van der Waals surface area (Å²) in [6.07, 6.45) is 0.310. The second-order valence-electron chi connectivity index (χ2n) is 6.14. The van der Waals surface area contributed by atoms with Crippen LogP contribution in [0.2, 0.25) is 0 Å². The number of piperidine rings is 1. The van der Waals surface area contributed by atoms with Crippen molar-refractivity contribution in [2.75, 3.05) is 13.1 Å². The molecule has 98 valence electrons. The molecular formula is C12H19F2NO2. The molecule has 1 aliphatic carbocycles. The Labute approximate surface area is 100 Å². The fourth-order valence-electron chi connectivity index (χ4n) is 2.26. The molecule has 1 heterocycles. The van der Waals surface area contributed by atoms with Crippen molar-refractivity contribution in [1.29, 1.82) is 0 Å². The molecule has 1 aliphatic heterocycles. The Balaban J connectivity index is 1.99. The topological polar surface area (TPSA) is 29.5 Å². The average molecular weight is 247 g/mol. The molecule has 1 saturated heterocycles. The van der Waals surface area contributed by atoms with Crippen LogP contribution in [0.1, 0.15) is 40.0 Å². The minimum atomic E-state index is -2.62. The van der Waals surface area contributed by atoms with Crippen LogP contribution in [0.15, 0.2) is 0 Å². The summed E-state index contributed by atoms with van der Waals surface area (Å²) < 4.78 is 32.5. The molecule has 0 unspecified atom stereocenters. The number of hydrogen-bond donors (Lipinski definition) is 0. The molecule has 0 aromatic heterocycles. The number of ether oxygens (including phenoxy) is 1. The molecule has 0 aromatic rings. The molecule has 0 bridgehead atoms. The van der Waals surface area contributed by atoms with Gasteiger partial charge in [0.25, 0.3) is 5.92 Å². The van der Waals surface area contributed by atoms with Gasteiger partial charge in [0, 0.05) is 19.5 Å². The van der Waals surface area contributed by atoms with Crippen molar-refractivity contribution >= 4 is 6.09 Å². The van der Waals surface area contributed by atoms with Gasteiger partial charge in [-0.15, -0.1) is 0 Å². The largest absolute Gasteiger partial charge is 0.444 e. The third-order valence-electron chi connectivity index (χ3n) is 3.47. The van der Waals surface area contributed by atoms with Crippen LogP contribution in [0.25, 0.3) is 0 Å². The summed E-state index contributed by atoms with van der Waals surface area (Å²) >= 11 is 0. The van der Waals surface area contributed by atoms with Crippen LogP contribution in [0, 0.1) is 5.41 Å². The third-order valence-corrected chi connectivity index (χ3v) is 3.47. The van der Waals surface area contributed by atoms with Gasteiger partial charge in [-0.05, 0) is 33.6 Å². The fraction of sp³-hybridized carbons (Fsp3) is 0.917. The Kier molecular flexibility index (Phi) is 2.64. The number of amides is 1. The van der Waals surface area contributed by atoms with Crippen LogP contribution >= 0.6 is 0 Å². The maximum atomic E-state index is 13.6. The van der Waals surface area contributed by atoms with Crippen molar-refractivity contribution < 1.29 is 18.3 Å². The number of carbonyl (C=O) groups is 1. The Hall–Kier alpha value is -0.870. The van der Waals surface area contributed by atoms with Crippen LogP contribution in [0.3, 0.4) is 0 Å². The lowest BCUT2D eigenvalue weighted by Crippen LogP contribution is -2.51. The highest BCUT2D eigenvalue weighted by Gasteiger charge is 2.64. The second kappa shape index (κ2) is 3.56. The molecule has 5 heteroatoms. The zero-order chi connectivity index (χ0) is 12.9. The maximum absolute atomic E-state index is 13.6. The van der Waals surface area contributed by atoms with Gasteiger partial charge >= 0.3 is 6.09 Å². The van der Waals surface area contributed by atoms with E-state index in [1.165, 1.54) is 4.90 Å². The van der Waals surface area contributed by atoms with Crippen molar-refractivity contribution in [2.24, 2.45) is 5.41 Å². The summed E-state index contributed by atoms with van der Waals surface area (Å²) in [4.78, 5) is 13.2. The first-order valence-corrected chi connectivity index (χ1v) is 6.01. The molecule has 1 saturated carbocycles. The highest BCUT2D eigenvalue weighted by Crippen LogP contribution is 2.60. The summed E-state index contributed by atoms with van der Waals surface area (Å²) in [5.74, 6) is -2.62. The summed E-state index contributed by atoms with van der Waals surface area (Å²) in [6.45, 7) is 5.54. The number of carbonyl (C=O) groups excluding carboxylic acids is 1. The quantitative estimate of drug-likeness (QED) is 0.658. The van der Waals surface area contributed by atoms with Crippen LogP contribution in [0.4, 0.5) is 13.6 Å². The molecule has 17 heavy (non-hydrogen) atoms. The van der Waals surface area contributed by atoms with Crippen molar-refractivity contribution in [3.63, 3.8) is 0 Å². The Morgan fingerprint density at radius 2 is 1.82 bits per heavy atom. The van der Waals surface area contributed by atoms with Gasteiger partial charge in [-0.1, -0.05) is 0 Å². The van der Waals surface area contributed by atoms with Gasteiger partial charge in [0.15, 0.2) is 0 Å². The van der Waals surface area contributed by atoms with Crippen molar-refractivity contribution in [3.8, 4) is 0 Å². The van der Waals surface area contributed by atoms with Crippen molar-refractivity contribution in [3.05, 3.63) is 0 Å². The molecule has 0 N–H and O–H groups in total. The first kappa shape index (κ1) is 12.6. The van der Waals surface area contributed by atoms with E-state index in [1.54, 1.807) is 20.8 Å². The molecule has 0 atom stereocenters. The van der Waals surface area contributed by atoms with Gasteiger partial charge in [-0.3, -0.25) is 0 Å². The maximum Gasteiger partial charge on any atom is 0.410 e. The number of rotatable bonds is 0. The smallest absolute Gasteiger partial charge is 0.410 e. The molecule has 3 nitrogen and oxygen atoms in total. The lowest BCUT2D eigenvalue weighted by Gasteiger charge is -2.39. The zero-order valence-corrected chi connectivity index (χ0v) is 10.6. The Bertz CT molecular complexity index is 332. The monoisotopic (exact) mass is 247 g/mol. The Morgan fingerprint density at radius 3 is 2.29 bits per heavy atom. The number of nitrogens with zero attached hydrogens (tertiary/aromatic N) is 1. The molecule has 0 aromatic carbocycles. The van der Waals surface area contributed by atoms with Crippen LogP contribution in [0.5, 0.6) is 0 Å². The van der Waals surface area contributed by atoms with E-state index < -0.39 is 23.0 Å². The zero-order valence-electron chi connectivity index (χ0n) is 10.6. The summed E-state index contributed by atoms with van der Waals surface area (Å²) in [5, 5.41) is 0. The van der Waals surface area contributed by atoms with E-state index >= 15 is 0 Å². The molecular weight excluding hydrogens is 228 g/mol. The van der Waals surface area contributed by atoms with Gasteiger partial charge in [-0.25, -0.2) is 13.6 Å². The first-order chi connectivity index (χ1) is 7.65. The van der Waals surface area contributed by atoms with Gasteiger partial charge in [0.1, 0.15) is 5.60 Å². The lowest BCUT2D eigenvalue weighted by molar-refractivity contribution is -0.118. The van der Waals surface area contributed by atoms with Gasteiger partial charge in [0.2, 0.25) is 0 Å². The minimum absolute atomic E-state index is 0.0870. The van der Waals surface area contributed by atoms with Crippen LogP contribution < -0.4 is 0 Å².